The molecule has 2 rings (SSSR count). The smallest absolute Gasteiger partial charge is 0.164 e. The lowest BCUT2D eigenvalue weighted by molar-refractivity contribution is 0.0980. The van der Waals surface area contributed by atoms with E-state index in [9.17, 15) is 4.79 Å². The van der Waals surface area contributed by atoms with Crippen molar-refractivity contribution in [3.05, 3.63) is 46.0 Å². The fourth-order valence-corrected chi connectivity index (χ4v) is 2.32. The van der Waals surface area contributed by atoms with E-state index < -0.39 is 0 Å². The third-order valence-corrected chi connectivity index (χ3v) is 3.39. The van der Waals surface area contributed by atoms with Gasteiger partial charge in [-0.2, -0.15) is 5.10 Å². The molecular formula is C13H13Cl2N3O. The van der Waals surface area contributed by atoms with Gasteiger partial charge in [0.1, 0.15) is 12.2 Å². The molecule has 0 atom stereocenters. The maximum Gasteiger partial charge on any atom is 0.164 e. The molecule has 1 aromatic carbocycles. The number of aromatic nitrogens is 3. The molecule has 0 aliphatic rings. The van der Waals surface area contributed by atoms with Gasteiger partial charge < -0.3 is 0 Å². The Morgan fingerprint density at radius 3 is 2.79 bits per heavy atom. The van der Waals surface area contributed by atoms with Crippen molar-refractivity contribution in [1.29, 1.82) is 0 Å². The first kappa shape index (κ1) is 14.0. The number of rotatable bonds is 5. The van der Waals surface area contributed by atoms with Gasteiger partial charge in [-0.1, -0.05) is 23.2 Å². The van der Waals surface area contributed by atoms with Gasteiger partial charge in [0.25, 0.3) is 0 Å². The summed E-state index contributed by atoms with van der Waals surface area (Å²) in [5.41, 5.74) is 0.518. The third kappa shape index (κ3) is 3.55. The van der Waals surface area contributed by atoms with Crippen molar-refractivity contribution in [2.75, 3.05) is 0 Å². The van der Waals surface area contributed by atoms with Gasteiger partial charge >= 0.3 is 0 Å². The Morgan fingerprint density at radius 1 is 1.37 bits per heavy atom. The predicted octanol–water partition coefficient (Wildman–Crippen LogP) is 3.33. The van der Waals surface area contributed by atoms with E-state index in [1.807, 2.05) is 7.05 Å². The van der Waals surface area contributed by atoms with Gasteiger partial charge in [0.15, 0.2) is 5.78 Å². The van der Waals surface area contributed by atoms with Crippen molar-refractivity contribution < 1.29 is 4.79 Å². The lowest BCUT2D eigenvalue weighted by Gasteiger charge is -2.04. The molecule has 1 heterocycles. The van der Waals surface area contributed by atoms with Gasteiger partial charge in [-0.25, -0.2) is 4.98 Å². The van der Waals surface area contributed by atoms with Crippen LogP contribution in [0.4, 0.5) is 0 Å². The van der Waals surface area contributed by atoms with Crippen LogP contribution in [0.2, 0.25) is 10.0 Å². The minimum Gasteiger partial charge on any atom is -0.294 e. The first-order valence-electron chi connectivity index (χ1n) is 5.89. The van der Waals surface area contributed by atoms with E-state index in [1.165, 1.54) is 6.33 Å². The number of nitrogens with zero attached hydrogens (tertiary/aromatic N) is 3. The molecule has 0 saturated carbocycles. The average molecular weight is 298 g/mol. The van der Waals surface area contributed by atoms with E-state index in [0.29, 0.717) is 34.9 Å². The van der Waals surface area contributed by atoms with Gasteiger partial charge in [-0.3, -0.25) is 9.48 Å². The Morgan fingerprint density at radius 2 is 2.16 bits per heavy atom. The predicted molar refractivity (Wildman–Crippen MR) is 74.7 cm³/mol. The molecule has 0 amide bonds. The summed E-state index contributed by atoms with van der Waals surface area (Å²) in [5.74, 6) is 0.888. The van der Waals surface area contributed by atoms with Gasteiger partial charge in [0, 0.05) is 30.5 Å². The number of aryl methyl sites for hydroxylation is 2. The first-order chi connectivity index (χ1) is 9.08. The second kappa shape index (κ2) is 6.17. The number of carbonyl (C=O) groups excluding carboxylic acids is 1. The molecule has 1 aromatic heterocycles. The average Bonchev–Trinajstić information content (AvgIpc) is 2.75. The second-order valence-corrected chi connectivity index (χ2v) is 5.04. The zero-order valence-electron chi connectivity index (χ0n) is 10.4. The zero-order valence-corrected chi connectivity index (χ0v) is 11.9. The van der Waals surface area contributed by atoms with Crippen molar-refractivity contribution in [2.45, 2.75) is 19.3 Å². The van der Waals surface area contributed by atoms with Crippen LogP contribution >= 0.6 is 23.2 Å². The lowest BCUT2D eigenvalue weighted by Crippen LogP contribution is -2.04. The highest BCUT2D eigenvalue weighted by molar-refractivity contribution is 6.36. The number of ketones is 1. The molecule has 4 nitrogen and oxygen atoms in total. The van der Waals surface area contributed by atoms with Crippen molar-refractivity contribution >= 4 is 29.0 Å². The van der Waals surface area contributed by atoms with Crippen molar-refractivity contribution in [3.63, 3.8) is 0 Å². The minimum absolute atomic E-state index is 0.0174. The molecule has 0 aliphatic heterocycles. The van der Waals surface area contributed by atoms with Crippen molar-refractivity contribution in [3.8, 4) is 0 Å². The molecule has 19 heavy (non-hydrogen) atoms. The highest BCUT2D eigenvalue weighted by Crippen LogP contribution is 2.22. The molecule has 6 heteroatoms. The van der Waals surface area contributed by atoms with Crippen LogP contribution in [0, 0.1) is 0 Å². The van der Waals surface area contributed by atoms with E-state index in [0.717, 1.165) is 5.82 Å². The molecule has 0 saturated heterocycles. The zero-order chi connectivity index (χ0) is 13.8. The Labute approximate surface area is 121 Å². The van der Waals surface area contributed by atoms with E-state index in [1.54, 1.807) is 22.9 Å². The quantitative estimate of drug-likeness (QED) is 0.795. The second-order valence-electron chi connectivity index (χ2n) is 4.20. The Kier molecular flexibility index (Phi) is 4.56. The summed E-state index contributed by atoms with van der Waals surface area (Å²) < 4.78 is 1.71. The number of Topliss-reactive ketones (excluding diaryl/α,β-unsaturated/α-hetero) is 1. The fourth-order valence-electron chi connectivity index (χ4n) is 1.80. The van der Waals surface area contributed by atoms with Gasteiger partial charge in [-0.15, -0.1) is 0 Å². The number of hydrogen-bond acceptors (Lipinski definition) is 3. The van der Waals surface area contributed by atoms with Crippen LogP contribution in [-0.4, -0.2) is 20.5 Å². The molecule has 0 fully saturated rings. The summed E-state index contributed by atoms with van der Waals surface area (Å²) in [7, 11) is 1.83. The Bertz CT molecular complexity index is 595. The van der Waals surface area contributed by atoms with Gasteiger partial charge in [-0.05, 0) is 24.6 Å². The summed E-state index contributed by atoms with van der Waals surface area (Å²) in [6, 6.07) is 4.91. The largest absolute Gasteiger partial charge is 0.294 e. The summed E-state index contributed by atoms with van der Waals surface area (Å²) >= 11 is 11.8. The SMILES string of the molecule is Cn1ncnc1CCCC(=O)c1ccc(Cl)cc1Cl. The topological polar surface area (TPSA) is 47.8 Å². The minimum atomic E-state index is 0.0174. The van der Waals surface area contributed by atoms with Crippen LogP contribution in [0.1, 0.15) is 29.0 Å². The molecule has 0 spiro atoms. The standard InChI is InChI=1S/C13H13Cl2N3O/c1-18-13(16-8-17-18)4-2-3-12(19)10-6-5-9(14)7-11(10)15/h5-8H,2-4H2,1H3. The summed E-state index contributed by atoms with van der Waals surface area (Å²) in [6.45, 7) is 0. The normalized spacial score (nSPS) is 10.7. The van der Waals surface area contributed by atoms with Gasteiger partial charge in [0.05, 0.1) is 5.02 Å². The first-order valence-corrected chi connectivity index (χ1v) is 6.64. The van der Waals surface area contributed by atoms with Crippen molar-refractivity contribution in [1.82, 2.24) is 14.8 Å². The van der Waals surface area contributed by atoms with Crippen LogP contribution in [0.15, 0.2) is 24.5 Å². The van der Waals surface area contributed by atoms with E-state index >= 15 is 0 Å². The van der Waals surface area contributed by atoms with Crippen LogP contribution in [0.3, 0.4) is 0 Å². The van der Waals surface area contributed by atoms with E-state index in [4.69, 9.17) is 23.2 Å². The van der Waals surface area contributed by atoms with Crippen molar-refractivity contribution in [2.24, 2.45) is 7.05 Å². The Balaban J connectivity index is 1.93. The molecule has 2 aromatic rings. The molecule has 0 N–H and O–H groups in total. The highest BCUT2D eigenvalue weighted by atomic mass is 35.5. The third-order valence-electron chi connectivity index (χ3n) is 2.84. The number of benzene rings is 1. The van der Waals surface area contributed by atoms with Crippen LogP contribution < -0.4 is 0 Å². The Hall–Kier alpha value is -1.39. The van der Waals surface area contributed by atoms with Crippen LogP contribution in [0.25, 0.3) is 0 Å². The number of carbonyl (C=O) groups is 1. The molecule has 0 unspecified atom stereocenters. The summed E-state index contributed by atoms with van der Waals surface area (Å²) in [6.07, 6.45) is 3.36. The van der Waals surface area contributed by atoms with Crippen LogP contribution in [0.5, 0.6) is 0 Å². The fraction of sp³-hybridized carbons (Fsp3) is 0.308. The van der Waals surface area contributed by atoms with E-state index in [-0.39, 0.29) is 5.78 Å². The number of hydrogen-bond donors (Lipinski definition) is 0. The molecule has 0 aliphatic carbocycles. The molecule has 0 radical (unpaired) electrons. The summed E-state index contributed by atoms with van der Waals surface area (Å²) in [5, 5.41) is 4.91. The highest BCUT2D eigenvalue weighted by Gasteiger charge is 2.11. The maximum atomic E-state index is 12.0. The molecular weight excluding hydrogens is 285 g/mol. The monoisotopic (exact) mass is 297 g/mol. The lowest BCUT2D eigenvalue weighted by atomic mass is 10.1. The number of halogens is 2. The molecule has 0 bridgehead atoms. The maximum absolute atomic E-state index is 12.0. The van der Waals surface area contributed by atoms with E-state index in [2.05, 4.69) is 10.1 Å². The molecule has 100 valence electrons. The van der Waals surface area contributed by atoms with Crippen LogP contribution in [-0.2, 0) is 13.5 Å². The van der Waals surface area contributed by atoms with Gasteiger partial charge in [0.2, 0.25) is 0 Å². The summed E-state index contributed by atoms with van der Waals surface area (Å²) in [4.78, 5) is 16.1.